The normalized spacial score (nSPS) is 27.9. The third-order valence-electron chi connectivity index (χ3n) is 7.20. The average Bonchev–Trinajstić information content (AvgIpc) is 2.94. The van der Waals surface area contributed by atoms with Gasteiger partial charge in [-0.15, -0.1) is 0 Å². The summed E-state index contributed by atoms with van der Waals surface area (Å²) in [6.45, 7) is 3.34. The highest BCUT2D eigenvalue weighted by molar-refractivity contribution is 7.85. The molecule has 0 saturated carbocycles. The minimum Gasteiger partial charge on any atom is -0.390 e. The first-order valence-electron chi connectivity index (χ1n) is 13.3. The van der Waals surface area contributed by atoms with Gasteiger partial charge in [-0.05, 0) is 30.2 Å². The monoisotopic (exact) mass is 536 g/mol. The van der Waals surface area contributed by atoms with Crippen LogP contribution in [-0.4, -0.2) is 58.3 Å². The van der Waals surface area contributed by atoms with Gasteiger partial charge in [-0.25, -0.2) is 0 Å². The number of hydrogen-bond acceptors (Lipinski definition) is 6. The number of aliphatic hydroxyl groups excluding tert-OH is 1. The molecule has 2 aliphatic heterocycles. The molecule has 0 radical (unpaired) electrons. The van der Waals surface area contributed by atoms with Gasteiger partial charge in [0.15, 0.2) is 0 Å². The zero-order valence-electron chi connectivity index (χ0n) is 21.7. The fourth-order valence-electron chi connectivity index (χ4n) is 5.04. The van der Waals surface area contributed by atoms with Gasteiger partial charge in [0.2, 0.25) is 0 Å². The molecule has 0 amide bonds. The van der Waals surface area contributed by atoms with E-state index in [1.54, 1.807) is 0 Å². The van der Waals surface area contributed by atoms with E-state index in [4.69, 9.17) is 18.9 Å². The summed E-state index contributed by atoms with van der Waals surface area (Å²) in [5.41, 5.74) is 3.31. The second kappa shape index (κ2) is 13.1. The lowest BCUT2D eigenvalue weighted by atomic mass is 9.90. The Bertz CT molecular complexity index is 1160. The molecule has 7 heteroatoms. The molecule has 0 aliphatic carbocycles. The van der Waals surface area contributed by atoms with E-state index < -0.39 is 23.0 Å². The van der Waals surface area contributed by atoms with Crippen LogP contribution in [0.25, 0.3) is 0 Å². The SMILES string of the molecule is Cc1ccc([S@@](=O)C[C@@H]2O[C@@H]3C[C@H](OCc4ccccc4)[C@@H](COCc4ccccc4)O[C@H]3C[C@H]2O)cc1. The molecular formula is C31H36O6S. The van der Waals surface area contributed by atoms with Crippen LogP contribution >= 0.6 is 0 Å². The van der Waals surface area contributed by atoms with E-state index in [1.807, 2.05) is 91.9 Å². The fraction of sp³-hybridized carbons (Fsp3) is 0.419. The largest absolute Gasteiger partial charge is 0.390 e. The minimum absolute atomic E-state index is 0.231. The van der Waals surface area contributed by atoms with Gasteiger partial charge in [-0.2, -0.15) is 0 Å². The van der Waals surface area contributed by atoms with E-state index in [2.05, 4.69) is 0 Å². The van der Waals surface area contributed by atoms with Crippen LogP contribution < -0.4 is 0 Å². The van der Waals surface area contributed by atoms with E-state index in [9.17, 15) is 9.32 Å². The first kappa shape index (κ1) is 27.2. The maximum atomic E-state index is 13.0. The van der Waals surface area contributed by atoms with Gasteiger partial charge >= 0.3 is 0 Å². The number of aliphatic hydroxyl groups is 1. The summed E-state index contributed by atoms with van der Waals surface area (Å²) >= 11 is 0. The van der Waals surface area contributed by atoms with Crippen molar-refractivity contribution < 1.29 is 28.3 Å². The number of benzene rings is 3. The molecule has 1 N–H and O–H groups in total. The maximum absolute atomic E-state index is 13.0. The molecule has 0 aromatic heterocycles. The van der Waals surface area contributed by atoms with Crippen molar-refractivity contribution in [2.75, 3.05) is 12.4 Å². The number of fused-ring (bicyclic) bond motifs is 1. The molecule has 2 fully saturated rings. The van der Waals surface area contributed by atoms with E-state index in [0.29, 0.717) is 32.7 Å². The van der Waals surface area contributed by atoms with Crippen LogP contribution in [0.1, 0.15) is 29.5 Å². The van der Waals surface area contributed by atoms with Gasteiger partial charge < -0.3 is 24.1 Å². The summed E-state index contributed by atoms with van der Waals surface area (Å²) in [5, 5.41) is 10.9. The smallest absolute Gasteiger partial charge is 0.108 e. The molecule has 6 nitrogen and oxygen atoms in total. The first-order valence-corrected chi connectivity index (χ1v) is 14.6. The van der Waals surface area contributed by atoms with Gasteiger partial charge in [-0.3, -0.25) is 4.21 Å². The second-order valence-electron chi connectivity index (χ2n) is 10.1. The van der Waals surface area contributed by atoms with Crippen LogP contribution in [0.5, 0.6) is 0 Å². The molecule has 2 saturated heterocycles. The highest BCUT2D eigenvalue weighted by Crippen LogP contribution is 2.34. The van der Waals surface area contributed by atoms with E-state index in [0.717, 1.165) is 21.6 Å². The van der Waals surface area contributed by atoms with Crippen LogP contribution in [0.2, 0.25) is 0 Å². The zero-order valence-corrected chi connectivity index (χ0v) is 22.5. The fourth-order valence-corrected chi connectivity index (χ4v) is 6.27. The molecule has 2 aliphatic rings. The Morgan fingerprint density at radius 2 is 1.42 bits per heavy atom. The van der Waals surface area contributed by atoms with Gasteiger partial charge in [0.1, 0.15) is 6.10 Å². The predicted molar refractivity (Wildman–Crippen MR) is 146 cm³/mol. The number of hydrogen-bond donors (Lipinski definition) is 1. The van der Waals surface area contributed by atoms with Gasteiger partial charge in [0.05, 0.1) is 66.9 Å². The first-order chi connectivity index (χ1) is 18.5. The van der Waals surface area contributed by atoms with Crippen molar-refractivity contribution in [1.29, 1.82) is 0 Å². The van der Waals surface area contributed by atoms with Crippen LogP contribution in [-0.2, 0) is 43.0 Å². The Balaban J connectivity index is 1.23. The van der Waals surface area contributed by atoms with Gasteiger partial charge in [0, 0.05) is 17.7 Å². The lowest BCUT2D eigenvalue weighted by Gasteiger charge is -2.46. The molecular weight excluding hydrogens is 500 g/mol. The summed E-state index contributed by atoms with van der Waals surface area (Å²) in [5.74, 6) is 0.243. The third-order valence-corrected chi connectivity index (χ3v) is 8.63. The molecule has 0 bridgehead atoms. The summed E-state index contributed by atoms with van der Waals surface area (Å²) in [7, 11) is -1.27. The minimum atomic E-state index is -1.27. The third kappa shape index (κ3) is 7.17. The topological polar surface area (TPSA) is 74.2 Å². The average molecular weight is 537 g/mol. The summed E-state index contributed by atoms with van der Waals surface area (Å²) in [4.78, 5) is 0.744. The highest BCUT2D eigenvalue weighted by atomic mass is 32.2. The molecule has 3 aromatic carbocycles. The quantitative estimate of drug-likeness (QED) is 0.409. The molecule has 3 aromatic rings. The lowest BCUT2D eigenvalue weighted by Crippen LogP contribution is -2.58. The summed E-state index contributed by atoms with van der Waals surface area (Å²) in [6.07, 6.45) is -1.25. The van der Waals surface area contributed by atoms with Crippen molar-refractivity contribution in [2.45, 2.75) is 74.5 Å². The summed E-state index contributed by atoms with van der Waals surface area (Å²) < 4.78 is 38.1. The zero-order chi connectivity index (χ0) is 26.3. The Kier molecular flexibility index (Phi) is 9.38. The summed E-state index contributed by atoms with van der Waals surface area (Å²) in [6, 6.07) is 27.8. The Hall–Kier alpha value is -2.39. The van der Waals surface area contributed by atoms with Gasteiger partial charge in [0.25, 0.3) is 0 Å². The van der Waals surface area contributed by atoms with E-state index in [1.165, 1.54) is 0 Å². The Morgan fingerprint density at radius 3 is 2.11 bits per heavy atom. The number of ether oxygens (including phenoxy) is 4. The Labute approximate surface area is 227 Å². The van der Waals surface area contributed by atoms with E-state index >= 15 is 0 Å². The number of aryl methyl sites for hydroxylation is 1. The Morgan fingerprint density at radius 1 is 0.816 bits per heavy atom. The number of rotatable bonds is 10. The van der Waals surface area contributed by atoms with E-state index in [-0.39, 0.29) is 30.2 Å². The molecule has 0 unspecified atom stereocenters. The highest BCUT2D eigenvalue weighted by Gasteiger charge is 2.46. The lowest BCUT2D eigenvalue weighted by molar-refractivity contribution is -0.255. The van der Waals surface area contributed by atoms with Crippen LogP contribution in [0.15, 0.2) is 89.8 Å². The molecule has 7 atom stereocenters. The van der Waals surface area contributed by atoms with Crippen molar-refractivity contribution in [3.05, 3.63) is 102 Å². The molecule has 5 rings (SSSR count). The van der Waals surface area contributed by atoms with Crippen LogP contribution in [0.4, 0.5) is 0 Å². The maximum Gasteiger partial charge on any atom is 0.108 e. The second-order valence-corrected chi connectivity index (χ2v) is 11.6. The predicted octanol–water partition coefficient (Wildman–Crippen LogP) is 4.58. The van der Waals surface area contributed by atoms with Crippen LogP contribution in [0.3, 0.4) is 0 Å². The molecule has 0 spiro atoms. The van der Waals surface area contributed by atoms with Crippen LogP contribution in [0, 0.1) is 6.92 Å². The van der Waals surface area contributed by atoms with Crippen molar-refractivity contribution in [3.63, 3.8) is 0 Å². The molecule has 38 heavy (non-hydrogen) atoms. The standard InChI is InChI=1S/C31H36O6S/c1-22-12-14-25(15-13-22)38(33)21-31-26(32)16-28-29(37-31)17-27(35-19-24-10-6-3-7-11-24)30(36-28)20-34-18-23-8-4-2-5-9-23/h2-15,26-32H,16-21H2,1H3/t26-,27+,28+,29-,30-,31+,38+/m1/s1. The molecule has 2 heterocycles. The van der Waals surface area contributed by atoms with Crippen molar-refractivity contribution in [1.82, 2.24) is 0 Å². The van der Waals surface area contributed by atoms with Crippen molar-refractivity contribution in [2.24, 2.45) is 0 Å². The van der Waals surface area contributed by atoms with Crippen molar-refractivity contribution >= 4 is 10.8 Å². The molecule has 202 valence electrons. The van der Waals surface area contributed by atoms with Gasteiger partial charge in [-0.1, -0.05) is 78.4 Å². The van der Waals surface area contributed by atoms with Crippen molar-refractivity contribution in [3.8, 4) is 0 Å².